The van der Waals surface area contributed by atoms with E-state index in [4.69, 9.17) is 5.73 Å². The fourth-order valence-corrected chi connectivity index (χ4v) is 0.264. The quantitative estimate of drug-likeness (QED) is 0.497. The number of nitrogens with two attached hydrogens (primary N) is 1. The molecule has 0 fully saturated rings. The Morgan fingerprint density at radius 1 is 1.78 bits per heavy atom. The fourth-order valence-electron chi connectivity index (χ4n) is 0.264. The monoisotopic (exact) mass is 134 g/mol. The molecule has 0 aliphatic rings. The van der Waals surface area contributed by atoms with Crippen molar-refractivity contribution in [2.45, 2.75) is 0 Å². The lowest BCUT2D eigenvalue weighted by atomic mass is 10.7. The van der Waals surface area contributed by atoms with Crippen LogP contribution >= 0.6 is 0 Å². The zero-order valence-electron chi connectivity index (χ0n) is 5.22. The van der Waals surface area contributed by atoms with Crippen LogP contribution in [0.3, 0.4) is 0 Å². The van der Waals surface area contributed by atoms with Gasteiger partial charge in [0, 0.05) is 6.54 Å². The van der Waals surface area contributed by atoms with Gasteiger partial charge in [0.15, 0.2) is 0 Å². The van der Waals surface area contributed by atoms with Crippen LogP contribution < -0.4 is 11.2 Å². The minimum absolute atomic E-state index is 0.204. The summed E-state index contributed by atoms with van der Waals surface area (Å²) in [5.41, 5.74) is 6.99. The SMILES string of the molecule is CONC(=O)OCCN. The van der Waals surface area contributed by atoms with Gasteiger partial charge in [0.2, 0.25) is 0 Å². The molecule has 9 heavy (non-hydrogen) atoms. The third-order valence-electron chi connectivity index (χ3n) is 0.536. The number of carbonyl (C=O) groups is 1. The summed E-state index contributed by atoms with van der Waals surface area (Å²) in [5, 5.41) is 0. The van der Waals surface area contributed by atoms with E-state index in [-0.39, 0.29) is 6.61 Å². The molecule has 0 spiro atoms. The number of ether oxygens (including phenoxy) is 1. The molecule has 54 valence electrons. The molecule has 5 heteroatoms. The van der Waals surface area contributed by atoms with Gasteiger partial charge in [0.05, 0.1) is 7.11 Å². The van der Waals surface area contributed by atoms with Crippen molar-refractivity contribution in [3.8, 4) is 0 Å². The van der Waals surface area contributed by atoms with Crippen molar-refractivity contribution in [2.24, 2.45) is 5.73 Å². The van der Waals surface area contributed by atoms with Crippen LogP contribution in [0.2, 0.25) is 0 Å². The molecule has 1 amide bonds. The fraction of sp³-hybridized carbons (Fsp3) is 0.750. The van der Waals surface area contributed by atoms with Gasteiger partial charge in [-0.25, -0.2) is 4.79 Å². The molecule has 0 aliphatic heterocycles. The van der Waals surface area contributed by atoms with Crippen molar-refractivity contribution in [3.05, 3.63) is 0 Å². The first-order chi connectivity index (χ1) is 4.31. The van der Waals surface area contributed by atoms with E-state index in [0.717, 1.165) is 0 Å². The number of rotatable bonds is 3. The average Bonchev–Trinajstić information content (AvgIpc) is 1.85. The molecule has 0 saturated carbocycles. The van der Waals surface area contributed by atoms with E-state index >= 15 is 0 Å². The Morgan fingerprint density at radius 2 is 2.44 bits per heavy atom. The molecule has 0 aromatic rings. The normalized spacial score (nSPS) is 8.67. The maximum absolute atomic E-state index is 10.3. The molecule has 0 aromatic carbocycles. The second kappa shape index (κ2) is 5.33. The Labute approximate surface area is 53.1 Å². The zero-order valence-corrected chi connectivity index (χ0v) is 5.22. The third kappa shape index (κ3) is 5.05. The maximum Gasteiger partial charge on any atom is 0.431 e. The highest BCUT2D eigenvalue weighted by Crippen LogP contribution is 1.73. The highest BCUT2D eigenvalue weighted by atomic mass is 16.7. The second-order valence-electron chi connectivity index (χ2n) is 1.23. The van der Waals surface area contributed by atoms with E-state index in [9.17, 15) is 4.79 Å². The first-order valence-electron chi connectivity index (χ1n) is 2.47. The van der Waals surface area contributed by atoms with Crippen LogP contribution in [0.5, 0.6) is 0 Å². The summed E-state index contributed by atoms with van der Waals surface area (Å²) in [6.45, 7) is 0.520. The number of hydrogen-bond donors (Lipinski definition) is 2. The number of hydrogen-bond acceptors (Lipinski definition) is 4. The lowest BCUT2D eigenvalue weighted by molar-refractivity contribution is 0.0601. The summed E-state index contributed by atoms with van der Waals surface area (Å²) in [7, 11) is 1.32. The predicted octanol–water partition coefficient (Wildman–Crippen LogP) is -0.767. The predicted molar refractivity (Wildman–Crippen MR) is 30.5 cm³/mol. The maximum atomic E-state index is 10.3. The van der Waals surface area contributed by atoms with Crippen LogP contribution in [-0.4, -0.2) is 26.4 Å². The van der Waals surface area contributed by atoms with E-state index in [1.807, 2.05) is 5.48 Å². The summed E-state index contributed by atoms with van der Waals surface area (Å²) < 4.78 is 4.43. The van der Waals surface area contributed by atoms with Crippen LogP contribution in [0.25, 0.3) is 0 Å². The highest BCUT2D eigenvalue weighted by molar-refractivity contribution is 5.65. The molecular formula is C4H10N2O3. The van der Waals surface area contributed by atoms with Gasteiger partial charge >= 0.3 is 6.09 Å². The molecule has 0 atom stereocenters. The number of carbonyl (C=O) groups excluding carboxylic acids is 1. The molecule has 0 saturated heterocycles. The van der Waals surface area contributed by atoms with Gasteiger partial charge in [0.25, 0.3) is 0 Å². The number of amides is 1. The van der Waals surface area contributed by atoms with E-state index in [1.54, 1.807) is 0 Å². The third-order valence-corrected chi connectivity index (χ3v) is 0.536. The first-order valence-corrected chi connectivity index (χ1v) is 2.47. The van der Waals surface area contributed by atoms with E-state index < -0.39 is 6.09 Å². The van der Waals surface area contributed by atoms with Gasteiger partial charge in [-0.05, 0) is 0 Å². The summed E-state index contributed by atoms with van der Waals surface area (Å²) >= 11 is 0. The Morgan fingerprint density at radius 3 is 2.89 bits per heavy atom. The minimum atomic E-state index is -0.622. The van der Waals surface area contributed by atoms with Gasteiger partial charge in [-0.3, -0.25) is 4.84 Å². The van der Waals surface area contributed by atoms with Gasteiger partial charge in [-0.2, -0.15) is 5.48 Å². The van der Waals surface area contributed by atoms with Gasteiger partial charge in [-0.1, -0.05) is 0 Å². The lowest BCUT2D eigenvalue weighted by Crippen LogP contribution is -2.25. The van der Waals surface area contributed by atoms with Crippen LogP contribution in [0, 0.1) is 0 Å². The Bertz CT molecular complexity index is 85.9. The molecule has 5 nitrogen and oxygen atoms in total. The van der Waals surface area contributed by atoms with Crippen LogP contribution in [0.15, 0.2) is 0 Å². The van der Waals surface area contributed by atoms with Crippen molar-refractivity contribution >= 4 is 6.09 Å². The molecule has 0 aliphatic carbocycles. The first kappa shape index (κ1) is 8.19. The number of hydroxylamine groups is 1. The highest BCUT2D eigenvalue weighted by Gasteiger charge is 1.95. The van der Waals surface area contributed by atoms with Crippen molar-refractivity contribution in [1.82, 2.24) is 5.48 Å². The molecule has 0 radical (unpaired) electrons. The Hall–Kier alpha value is -0.810. The lowest BCUT2D eigenvalue weighted by Gasteiger charge is -2.01. The molecule has 0 bridgehead atoms. The van der Waals surface area contributed by atoms with Gasteiger partial charge in [-0.15, -0.1) is 0 Å². The van der Waals surface area contributed by atoms with E-state index in [1.165, 1.54) is 7.11 Å². The molecular weight excluding hydrogens is 124 g/mol. The van der Waals surface area contributed by atoms with Crippen molar-refractivity contribution in [3.63, 3.8) is 0 Å². The molecule has 0 unspecified atom stereocenters. The second-order valence-corrected chi connectivity index (χ2v) is 1.23. The Balaban J connectivity index is 3.06. The average molecular weight is 134 g/mol. The van der Waals surface area contributed by atoms with Crippen molar-refractivity contribution in [1.29, 1.82) is 0 Å². The topological polar surface area (TPSA) is 73.6 Å². The summed E-state index contributed by atoms with van der Waals surface area (Å²) in [6, 6.07) is 0. The van der Waals surface area contributed by atoms with Gasteiger partial charge < -0.3 is 10.5 Å². The van der Waals surface area contributed by atoms with E-state index in [0.29, 0.717) is 6.54 Å². The van der Waals surface area contributed by atoms with Crippen molar-refractivity contribution < 1.29 is 14.4 Å². The number of nitrogens with one attached hydrogen (secondary N) is 1. The smallest absolute Gasteiger partial charge is 0.431 e. The van der Waals surface area contributed by atoms with Crippen LogP contribution in [0.4, 0.5) is 4.79 Å². The van der Waals surface area contributed by atoms with Crippen LogP contribution in [-0.2, 0) is 9.57 Å². The van der Waals surface area contributed by atoms with Crippen molar-refractivity contribution in [2.75, 3.05) is 20.3 Å². The summed E-state index contributed by atoms with van der Waals surface area (Å²) in [6.07, 6.45) is -0.622. The van der Waals surface area contributed by atoms with Gasteiger partial charge in [0.1, 0.15) is 6.61 Å². The minimum Gasteiger partial charge on any atom is -0.447 e. The summed E-state index contributed by atoms with van der Waals surface area (Å²) in [4.78, 5) is 14.5. The molecule has 0 heterocycles. The standard InChI is InChI=1S/C4H10N2O3/c1-8-6-4(7)9-3-2-5/h2-3,5H2,1H3,(H,6,7). The molecule has 0 rings (SSSR count). The Kier molecular flexibility index (Phi) is 4.85. The summed E-state index contributed by atoms with van der Waals surface area (Å²) in [5.74, 6) is 0. The van der Waals surface area contributed by atoms with Crippen LogP contribution in [0.1, 0.15) is 0 Å². The van der Waals surface area contributed by atoms with E-state index in [2.05, 4.69) is 9.57 Å². The largest absolute Gasteiger partial charge is 0.447 e. The molecule has 0 aromatic heterocycles. The zero-order chi connectivity index (χ0) is 7.11. The molecule has 3 N–H and O–H groups in total.